The van der Waals surface area contributed by atoms with Crippen LogP contribution in [-0.4, -0.2) is 18.9 Å². The van der Waals surface area contributed by atoms with Gasteiger partial charge in [0.2, 0.25) is 6.35 Å². The van der Waals surface area contributed by atoms with Crippen molar-refractivity contribution in [3.8, 4) is 5.75 Å². The molecule has 3 heteroatoms. The maximum atomic E-state index is 5.95. The number of fused-ring (bicyclic) bond motifs is 1. The van der Waals surface area contributed by atoms with E-state index in [-0.39, 0.29) is 6.35 Å². The summed E-state index contributed by atoms with van der Waals surface area (Å²) in [6.07, 6.45) is -0.0326. The van der Waals surface area contributed by atoms with E-state index in [9.17, 15) is 0 Å². The number of nitrogens with one attached hydrogen (secondary N) is 1. The highest BCUT2D eigenvalue weighted by Crippen LogP contribution is 2.36. The Kier molecular flexibility index (Phi) is 3.57. The Morgan fingerprint density at radius 1 is 1.24 bits per heavy atom. The van der Waals surface area contributed by atoms with Gasteiger partial charge in [-0.3, -0.25) is 5.32 Å². The molecule has 1 aliphatic heterocycles. The van der Waals surface area contributed by atoms with Gasteiger partial charge in [-0.05, 0) is 31.9 Å². The summed E-state index contributed by atoms with van der Waals surface area (Å²) in [4.78, 5) is 2.31. The van der Waals surface area contributed by atoms with Crippen molar-refractivity contribution in [3.05, 3.63) is 24.3 Å². The van der Waals surface area contributed by atoms with Gasteiger partial charge in [-0.25, -0.2) is 0 Å². The lowest BCUT2D eigenvalue weighted by molar-refractivity contribution is 0.169. The van der Waals surface area contributed by atoms with Crippen molar-refractivity contribution < 1.29 is 4.74 Å². The van der Waals surface area contributed by atoms with Crippen molar-refractivity contribution in [1.82, 2.24) is 5.32 Å². The minimum atomic E-state index is -0.0326. The number of para-hydroxylation sites is 2. The minimum Gasteiger partial charge on any atom is -0.455 e. The summed E-state index contributed by atoms with van der Waals surface area (Å²) in [5.74, 6) is 1.59. The van der Waals surface area contributed by atoms with E-state index in [1.165, 1.54) is 5.69 Å². The van der Waals surface area contributed by atoms with Gasteiger partial charge < -0.3 is 9.64 Å². The lowest BCUT2D eigenvalue weighted by atomic mass is 10.2. The van der Waals surface area contributed by atoms with Crippen LogP contribution in [0, 0.1) is 5.92 Å². The fourth-order valence-electron chi connectivity index (χ4n) is 2.10. The van der Waals surface area contributed by atoms with Crippen LogP contribution < -0.4 is 15.0 Å². The number of ether oxygens (including phenoxy) is 1. The summed E-state index contributed by atoms with van der Waals surface area (Å²) < 4.78 is 5.95. The smallest absolute Gasteiger partial charge is 0.230 e. The molecule has 0 spiro atoms. The molecule has 1 N–H and O–H groups in total. The third-order valence-corrected chi connectivity index (χ3v) is 2.73. The SMILES string of the molecule is CC(C)CN1c2ccccc2OC1NC(C)C. The molecule has 17 heavy (non-hydrogen) atoms. The molecule has 3 nitrogen and oxygen atoms in total. The van der Waals surface area contributed by atoms with Crippen LogP contribution in [0.3, 0.4) is 0 Å². The molecule has 1 heterocycles. The van der Waals surface area contributed by atoms with Crippen LogP contribution in [0.2, 0.25) is 0 Å². The number of hydrogen-bond donors (Lipinski definition) is 1. The summed E-state index contributed by atoms with van der Waals surface area (Å²) in [5, 5.41) is 3.45. The highest BCUT2D eigenvalue weighted by molar-refractivity contribution is 5.62. The Hall–Kier alpha value is -1.22. The second kappa shape index (κ2) is 4.96. The highest BCUT2D eigenvalue weighted by Gasteiger charge is 2.30. The Labute approximate surface area is 104 Å². The van der Waals surface area contributed by atoms with E-state index in [1.807, 2.05) is 12.1 Å². The normalized spacial score (nSPS) is 18.7. The van der Waals surface area contributed by atoms with Gasteiger partial charge in [0.1, 0.15) is 5.75 Å². The largest absolute Gasteiger partial charge is 0.455 e. The second-order valence-electron chi connectivity index (χ2n) is 5.31. The van der Waals surface area contributed by atoms with Crippen molar-refractivity contribution >= 4 is 5.69 Å². The van der Waals surface area contributed by atoms with E-state index in [4.69, 9.17) is 4.74 Å². The summed E-state index contributed by atoms with van der Waals surface area (Å²) in [7, 11) is 0. The van der Waals surface area contributed by atoms with E-state index in [0.717, 1.165) is 12.3 Å². The Balaban J connectivity index is 2.20. The summed E-state index contributed by atoms with van der Waals surface area (Å²) >= 11 is 0. The monoisotopic (exact) mass is 234 g/mol. The van der Waals surface area contributed by atoms with Crippen molar-refractivity contribution in [2.24, 2.45) is 5.92 Å². The van der Waals surface area contributed by atoms with Gasteiger partial charge in [0.05, 0.1) is 5.69 Å². The number of anilines is 1. The molecule has 0 saturated carbocycles. The first-order chi connectivity index (χ1) is 8.08. The molecule has 1 aliphatic rings. The summed E-state index contributed by atoms with van der Waals surface area (Å²) in [6, 6.07) is 8.64. The summed E-state index contributed by atoms with van der Waals surface area (Å²) in [5.41, 5.74) is 1.19. The Morgan fingerprint density at radius 2 is 1.94 bits per heavy atom. The van der Waals surface area contributed by atoms with Gasteiger partial charge in [0.15, 0.2) is 0 Å². The Bertz CT molecular complexity index is 376. The maximum absolute atomic E-state index is 5.95. The molecule has 94 valence electrons. The lowest BCUT2D eigenvalue weighted by Crippen LogP contribution is -2.50. The fraction of sp³-hybridized carbons (Fsp3) is 0.571. The maximum Gasteiger partial charge on any atom is 0.230 e. The van der Waals surface area contributed by atoms with Crippen LogP contribution in [0.5, 0.6) is 5.75 Å². The third-order valence-electron chi connectivity index (χ3n) is 2.73. The van der Waals surface area contributed by atoms with Crippen LogP contribution in [-0.2, 0) is 0 Å². The van der Waals surface area contributed by atoms with Crippen LogP contribution >= 0.6 is 0 Å². The first kappa shape index (κ1) is 12.2. The van der Waals surface area contributed by atoms with Crippen LogP contribution in [0.4, 0.5) is 5.69 Å². The van der Waals surface area contributed by atoms with Crippen LogP contribution in [0.1, 0.15) is 27.7 Å². The van der Waals surface area contributed by atoms with E-state index >= 15 is 0 Å². The fourth-order valence-corrected chi connectivity index (χ4v) is 2.10. The zero-order valence-corrected chi connectivity index (χ0v) is 11.1. The van der Waals surface area contributed by atoms with Crippen LogP contribution in [0.15, 0.2) is 24.3 Å². The van der Waals surface area contributed by atoms with Crippen molar-refractivity contribution in [3.63, 3.8) is 0 Å². The molecule has 1 atom stereocenters. The second-order valence-corrected chi connectivity index (χ2v) is 5.31. The average Bonchev–Trinajstić information content (AvgIpc) is 2.55. The highest BCUT2D eigenvalue weighted by atomic mass is 16.5. The molecule has 0 aliphatic carbocycles. The quantitative estimate of drug-likeness (QED) is 0.867. The zero-order valence-electron chi connectivity index (χ0n) is 11.1. The molecule has 1 aromatic carbocycles. The molecule has 0 aromatic heterocycles. The van der Waals surface area contributed by atoms with Crippen molar-refractivity contribution in [2.45, 2.75) is 40.1 Å². The van der Waals surface area contributed by atoms with Gasteiger partial charge >= 0.3 is 0 Å². The zero-order chi connectivity index (χ0) is 12.4. The minimum absolute atomic E-state index is 0.0326. The van der Waals surface area contributed by atoms with E-state index in [2.05, 4.69) is 50.0 Å². The van der Waals surface area contributed by atoms with Gasteiger partial charge in [0, 0.05) is 12.6 Å². The summed E-state index contributed by atoms with van der Waals surface area (Å²) in [6.45, 7) is 9.74. The molecule has 0 radical (unpaired) electrons. The average molecular weight is 234 g/mol. The first-order valence-electron chi connectivity index (χ1n) is 6.36. The molecule has 0 fully saturated rings. The molecular weight excluding hydrogens is 212 g/mol. The molecular formula is C14H22N2O. The predicted octanol–water partition coefficient (Wildman–Crippen LogP) is 2.82. The lowest BCUT2D eigenvalue weighted by Gasteiger charge is -2.28. The standard InChI is InChI=1S/C14H22N2O/c1-10(2)9-16-12-7-5-6-8-13(12)17-14(16)15-11(3)4/h5-8,10-11,14-15H,9H2,1-4H3. The molecule has 1 unspecified atom stereocenters. The van der Waals surface area contributed by atoms with Crippen molar-refractivity contribution in [1.29, 1.82) is 0 Å². The number of rotatable bonds is 4. The first-order valence-corrected chi connectivity index (χ1v) is 6.36. The van der Waals surface area contributed by atoms with Crippen molar-refractivity contribution in [2.75, 3.05) is 11.4 Å². The van der Waals surface area contributed by atoms with E-state index in [1.54, 1.807) is 0 Å². The van der Waals surface area contributed by atoms with Gasteiger partial charge in [0.25, 0.3) is 0 Å². The topological polar surface area (TPSA) is 24.5 Å². The van der Waals surface area contributed by atoms with Gasteiger partial charge in [-0.1, -0.05) is 26.0 Å². The number of benzene rings is 1. The molecule has 0 saturated heterocycles. The van der Waals surface area contributed by atoms with E-state index < -0.39 is 0 Å². The Morgan fingerprint density at radius 3 is 2.59 bits per heavy atom. The third kappa shape index (κ3) is 2.72. The molecule has 0 bridgehead atoms. The predicted molar refractivity (Wildman–Crippen MR) is 71.3 cm³/mol. The number of hydrogen-bond acceptors (Lipinski definition) is 3. The van der Waals surface area contributed by atoms with Gasteiger partial charge in [-0.15, -0.1) is 0 Å². The van der Waals surface area contributed by atoms with E-state index in [0.29, 0.717) is 12.0 Å². The van der Waals surface area contributed by atoms with Crippen LogP contribution in [0.25, 0.3) is 0 Å². The number of nitrogens with zero attached hydrogens (tertiary/aromatic N) is 1. The molecule has 1 aromatic rings. The van der Waals surface area contributed by atoms with Gasteiger partial charge in [-0.2, -0.15) is 0 Å². The molecule has 0 amide bonds. The molecule has 2 rings (SSSR count).